The summed E-state index contributed by atoms with van der Waals surface area (Å²) in [7, 11) is 0. The molecule has 0 saturated carbocycles. The number of hydrogen-bond acceptors (Lipinski definition) is 4. The number of aromatic nitrogens is 2. The molecule has 1 aliphatic heterocycles. The van der Waals surface area contributed by atoms with E-state index in [2.05, 4.69) is 16.0 Å². The van der Waals surface area contributed by atoms with Crippen molar-refractivity contribution in [2.75, 3.05) is 18.0 Å². The van der Waals surface area contributed by atoms with E-state index >= 15 is 0 Å². The molecule has 3 heterocycles. The number of anilines is 1. The predicted molar refractivity (Wildman–Crippen MR) is 92.2 cm³/mol. The lowest BCUT2D eigenvalue weighted by molar-refractivity contribution is 0.224. The van der Waals surface area contributed by atoms with Crippen LogP contribution in [0.1, 0.15) is 6.42 Å². The summed E-state index contributed by atoms with van der Waals surface area (Å²) < 4.78 is 6.00. The molecule has 116 valence electrons. The zero-order valence-corrected chi connectivity index (χ0v) is 13.3. The van der Waals surface area contributed by atoms with Crippen molar-refractivity contribution in [3.63, 3.8) is 0 Å². The van der Waals surface area contributed by atoms with Gasteiger partial charge in [-0.3, -0.25) is 4.98 Å². The molecule has 0 radical (unpaired) electrons. The van der Waals surface area contributed by atoms with E-state index in [1.807, 2.05) is 36.4 Å². The highest BCUT2D eigenvalue weighted by Gasteiger charge is 2.25. The van der Waals surface area contributed by atoms with Crippen molar-refractivity contribution >= 4 is 28.3 Å². The van der Waals surface area contributed by atoms with Gasteiger partial charge in [-0.25, -0.2) is 4.98 Å². The number of benzene rings is 1. The first-order valence-corrected chi connectivity index (χ1v) is 8.04. The van der Waals surface area contributed by atoms with E-state index in [1.54, 1.807) is 12.4 Å². The summed E-state index contributed by atoms with van der Waals surface area (Å²) in [5.74, 6) is 1.81. The first-order chi connectivity index (χ1) is 11.3. The van der Waals surface area contributed by atoms with Crippen LogP contribution in [-0.4, -0.2) is 29.2 Å². The van der Waals surface area contributed by atoms with Gasteiger partial charge in [-0.15, -0.1) is 0 Å². The van der Waals surface area contributed by atoms with Crippen molar-refractivity contribution < 1.29 is 4.74 Å². The molecule has 5 heteroatoms. The molecular formula is C18H16ClN3O. The molecule has 0 spiro atoms. The van der Waals surface area contributed by atoms with Crippen molar-refractivity contribution in [3.05, 3.63) is 59.9 Å². The van der Waals surface area contributed by atoms with Gasteiger partial charge in [-0.05, 0) is 30.3 Å². The quantitative estimate of drug-likeness (QED) is 0.731. The van der Waals surface area contributed by atoms with Crippen LogP contribution in [0.15, 0.2) is 54.9 Å². The fraction of sp³-hybridized carbons (Fsp3) is 0.222. The summed E-state index contributed by atoms with van der Waals surface area (Å²) >= 11 is 6.26. The maximum absolute atomic E-state index is 6.26. The molecular weight excluding hydrogens is 310 g/mol. The largest absolute Gasteiger partial charge is 0.488 e. The van der Waals surface area contributed by atoms with Gasteiger partial charge < -0.3 is 9.64 Å². The standard InChI is InChI=1S/C18H16ClN3O/c19-16-3-1-2-13-4-5-17(21-18(13)16)22-11-8-15(12-22)23-14-6-9-20-10-7-14/h1-7,9-10,15H,8,11-12H2/t15-/m1/s1. The van der Waals surface area contributed by atoms with Crippen molar-refractivity contribution in [1.29, 1.82) is 0 Å². The summed E-state index contributed by atoms with van der Waals surface area (Å²) in [4.78, 5) is 11.0. The SMILES string of the molecule is Clc1cccc2ccc(N3CC[C@@H](Oc4ccncc4)C3)nc12. The zero-order valence-electron chi connectivity index (χ0n) is 12.5. The second-order valence-corrected chi connectivity index (χ2v) is 6.05. The minimum atomic E-state index is 0.168. The van der Waals surface area contributed by atoms with Gasteiger partial charge >= 0.3 is 0 Å². The Morgan fingerprint density at radius 2 is 1.96 bits per heavy atom. The lowest BCUT2D eigenvalue weighted by atomic mass is 10.2. The van der Waals surface area contributed by atoms with E-state index in [0.29, 0.717) is 5.02 Å². The molecule has 2 aromatic heterocycles. The van der Waals surface area contributed by atoms with Crippen molar-refractivity contribution in [1.82, 2.24) is 9.97 Å². The van der Waals surface area contributed by atoms with Crippen LogP contribution in [0.4, 0.5) is 5.82 Å². The minimum Gasteiger partial charge on any atom is -0.488 e. The van der Waals surface area contributed by atoms with Gasteiger partial charge in [0.1, 0.15) is 17.7 Å². The Kier molecular flexibility index (Phi) is 3.75. The Hall–Kier alpha value is -2.33. The molecule has 1 fully saturated rings. The third-order valence-electron chi connectivity index (χ3n) is 4.08. The first kappa shape index (κ1) is 14.3. The van der Waals surface area contributed by atoms with Crippen LogP contribution in [0.3, 0.4) is 0 Å². The van der Waals surface area contributed by atoms with Crippen molar-refractivity contribution in [2.45, 2.75) is 12.5 Å². The molecule has 4 rings (SSSR count). The Labute approximate surface area is 139 Å². The molecule has 0 bridgehead atoms. The summed E-state index contributed by atoms with van der Waals surface area (Å²) in [5.41, 5.74) is 0.852. The lowest BCUT2D eigenvalue weighted by Gasteiger charge is -2.18. The van der Waals surface area contributed by atoms with Gasteiger partial charge in [0.2, 0.25) is 0 Å². The number of rotatable bonds is 3. The second-order valence-electron chi connectivity index (χ2n) is 5.64. The summed E-state index contributed by atoms with van der Waals surface area (Å²) in [6.45, 7) is 1.75. The number of para-hydroxylation sites is 1. The zero-order chi connectivity index (χ0) is 15.6. The Morgan fingerprint density at radius 3 is 2.83 bits per heavy atom. The molecule has 1 aliphatic rings. The van der Waals surface area contributed by atoms with E-state index < -0.39 is 0 Å². The molecule has 1 saturated heterocycles. The number of fused-ring (bicyclic) bond motifs is 1. The van der Waals surface area contributed by atoms with E-state index in [4.69, 9.17) is 21.3 Å². The predicted octanol–water partition coefficient (Wildman–Crippen LogP) is 3.94. The second kappa shape index (κ2) is 6.05. The summed E-state index contributed by atoms with van der Waals surface area (Å²) in [6.07, 6.45) is 4.63. The van der Waals surface area contributed by atoms with Gasteiger partial charge in [0.05, 0.1) is 17.1 Å². The van der Waals surface area contributed by atoms with E-state index in [-0.39, 0.29) is 6.10 Å². The average molecular weight is 326 g/mol. The number of ether oxygens (including phenoxy) is 1. The highest BCUT2D eigenvalue weighted by molar-refractivity contribution is 6.35. The van der Waals surface area contributed by atoms with Crippen LogP contribution in [0.5, 0.6) is 5.75 Å². The fourth-order valence-electron chi connectivity index (χ4n) is 2.92. The molecule has 3 aromatic rings. The smallest absolute Gasteiger partial charge is 0.129 e. The Morgan fingerprint density at radius 1 is 1.09 bits per heavy atom. The van der Waals surface area contributed by atoms with Gasteiger partial charge in [0.15, 0.2) is 0 Å². The molecule has 4 nitrogen and oxygen atoms in total. The number of nitrogens with zero attached hydrogens (tertiary/aromatic N) is 3. The Balaban J connectivity index is 1.52. The molecule has 0 unspecified atom stereocenters. The lowest BCUT2D eigenvalue weighted by Crippen LogP contribution is -2.25. The number of halogens is 1. The van der Waals surface area contributed by atoms with Crippen LogP contribution in [-0.2, 0) is 0 Å². The normalized spacial score (nSPS) is 17.6. The van der Waals surface area contributed by atoms with E-state index in [0.717, 1.165) is 42.0 Å². The van der Waals surface area contributed by atoms with Crippen LogP contribution in [0.2, 0.25) is 5.02 Å². The van der Waals surface area contributed by atoms with Gasteiger partial charge in [0.25, 0.3) is 0 Å². The van der Waals surface area contributed by atoms with E-state index in [1.165, 1.54) is 0 Å². The molecule has 1 atom stereocenters. The maximum Gasteiger partial charge on any atom is 0.129 e. The van der Waals surface area contributed by atoms with Crippen LogP contribution in [0, 0.1) is 0 Å². The third-order valence-corrected chi connectivity index (χ3v) is 4.38. The Bertz CT molecular complexity index is 825. The van der Waals surface area contributed by atoms with Crippen molar-refractivity contribution in [3.8, 4) is 5.75 Å². The number of hydrogen-bond donors (Lipinski definition) is 0. The van der Waals surface area contributed by atoms with Crippen LogP contribution in [0.25, 0.3) is 10.9 Å². The maximum atomic E-state index is 6.26. The molecule has 0 aliphatic carbocycles. The van der Waals surface area contributed by atoms with E-state index in [9.17, 15) is 0 Å². The third kappa shape index (κ3) is 2.94. The number of pyridine rings is 2. The fourth-order valence-corrected chi connectivity index (χ4v) is 3.14. The minimum absolute atomic E-state index is 0.168. The molecule has 0 N–H and O–H groups in total. The van der Waals surface area contributed by atoms with Gasteiger partial charge in [0, 0.05) is 30.7 Å². The highest BCUT2D eigenvalue weighted by atomic mass is 35.5. The van der Waals surface area contributed by atoms with Crippen LogP contribution >= 0.6 is 11.6 Å². The highest BCUT2D eigenvalue weighted by Crippen LogP contribution is 2.27. The topological polar surface area (TPSA) is 38.2 Å². The first-order valence-electron chi connectivity index (χ1n) is 7.66. The molecule has 1 aromatic carbocycles. The van der Waals surface area contributed by atoms with Gasteiger partial charge in [-0.1, -0.05) is 23.7 Å². The van der Waals surface area contributed by atoms with Crippen LogP contribution < -0.4 is 9.64 Å². The molecule has 0 amide bonds. The summed E-state index contributed by atoms with van der Waals surface area (Å²) in [5, 5.41) is 1.75. The summed E-state index contributed by atoms with van der Waals surface area (Å²) in [6, 6.07) is 13.7. The monoisotopic (exact) mass is 325 g/mol. The molecule has 23 heavy (non-hydrogen) atoms. The van der Waals surface area contributed by atoms with Gasteiger partial charge in [-0.2, -0.15) is 0 Å². The average Bonchev–Trinajstić information content (AvgIpc) is 3.04. The van der Waals surface area contributed by atoms with Crippen molar-refractivity contribution in [2.24, 2.45) is 0 Å².